The third kappa shape index (κ3) is 8.28. The third-order valence-corrected chi connectivity index (χ3v) is 9.28. The molecule has 3 N–H and O–H groups in total. The zero-order valence-corrected chi connectivity index (χ0v) is 28.4. The summed E-state index contributed by atoms with van der Waals surface area (Å²) in [7, 11) is 0. The Morgan fingerprint density at radius 1 is 0.980 bits per heavy atom. The molecule has 9 nitrogen and oxygen atoms in total. The highest BCUT2D eigenvalue weighted by molar-refractivity contribution is 6.32. The van der Waals surface area contributed by atoms with Crippen molar-refractivity contribution in [2.75, 3.05) is 32.8 Å². The maximum atomic E-state index is 13.0. The highest BCUT2D eigenvalue weighted by Crippen LogP contribution is 2.38. The lowest BCUT2D eigenvalue weighted by molar-refractivity contribution is -0.127. The van der Waals surface area contributed by atoms with Gasteiger partial charge < -0.3 is 30.0 Å². The number of ether oxygens (including phenoxy) is 4. The van der Waals surface area contributed by atoms with Crippen LogP contribution in [0.25, 0.3) is 11.1 Å². The normalized spacial score (nSPS) is 15.7. The Kier molecular flexibility index (Phi) is 11.2. The van der Waals surface area contributed by atoms with Gasteiger partial charge in [0.15, 0.2) is 11.5 Å². The van der Waals surface area contributed by atoms with Gasteiger partial charge in [-0.15, -0.1) is 0 Å². The first kappa shape index (κ1) is 34.1. The minimum absolute atomic E-state index is 0.0131. The third-order valence-electron chi connectivity index (χ3n) is 8.98. The van der Waals surface area contributed by atoms with Gasteiger partial charge in [0.05, 0.1) is 22.7 Å². The smallest absolute Gasteiger partial charge is 0.237 e. The monoisotopic (exact) mass is 680 g/mol. The van der Waals surface area contributed by atoms with Gasteiger partial charge in [0.1, 0.15) is 37.9 Å². The Bertz CT molecular complexity index is 1840. The summed E-state index contributed by atoms with van der Waals surface area (Å²) >= 11 is 6.89. The molecule has 4 aromatic carbocycles. The van der Waals surface area contributed by atoms with Crippen molar-refractivity contribution in [2.45, 2.75) is 52.0 Å². The zero-order valence-electron chi connectivity index (χ0n) is 27.7. The minimum atomic E-state index is -0.264. The van der Waals surface area contributed by atoms with Gasteiger partial charge >= 0.3 is 0 Å². The molecule has 0 saturated carbocycles. The van der Waals surface area contributed by atoms with Crippen LogP contribution in [-0.2, 0) is 24.6 Å². The summed E-state index contributed by atoms with van der Waals surface area (Å²) in [5.74, 6) is 2.59. The topological polar surface area (TPSA) is 119 Å². The van der Waals surface area contributed by atoms with Crippen LogP contribution in [0.5, 0.6) is 23.0 Å². The summed E-state index contributed by atoms with van der Waals surface area (Å²) in [5, 5.41) is 12.8. The summed E-state index contributed by atoms with van der Waals surface area (Å²) < 4.78 is 24.3. The van der Waals surface area contributed by atoms with Crippen LogP contribution in [0.1, 0.15) is 47.1 Å². The predicted molar refractivity (Wildman–Crippen MR) is 189 cm³/mol. The zero-order chi connectivity index (χ0) is 34.2. The van der Waals surface area contributed by atoms with E-state index in [9.17, 15) is 10.1 Å². The number of piperidine rings is 1. The molecule has 1 fully saturated rings. The predicted octanol–water partition coefficient (Wildman–Crippen LogP) is 6.55. The Labute approximate surface area is 292 Å². The average molecular weight is 681 g/mol. The van der Waals surface area contributed by atoms with Crippen LogP contribution in [0.15, 0.2) is 72.8 Å². The first-order chi connectivity index (χ1) is 23.9. The van der Waals surface area contributed by atoms with Crippen molar-refractivity contribution in [3.63, 3.8) is 0 Å². The van der Waals surface area contributed by atoms with Gasteiger partial charge in [0.2, 0.25) is 5.91 Å². The lowest BCUT2D eigenvalue weighted by atomic mass is 9.96. The number of nitrogens with two attached hydrogens (primary N) is 1. The van der Waals surface area contributed by atoms with Gasteiger partial charge in [-0.1, -0.05) is 54.4 Å². The number of carbonyl (C=O) groups excluding carboxylic acids is 1. The molecule has 4 aromatic rings. The van der Waals surface area contributed by atoms with Crippen LogP contribution in [0.3, 0.4) is 0 Å². The number of fused-ring (bicyclic) bond motifs is 1. The summed E-state index contributed by atoms with van der Waals surface area (Å²) in [4.78, 5) is 15.2. The van der Waals surface area contributed by atoms with E-state index in [0.29, 0.717) is 61.5 Å². The molecule has 2 aliphatic heterocycles. The molecule has 0 radical (unpaired) electrons. The fourth-order valence-electron chi connectivity index (χ4n) is 6.36. The number of hydrogen-bond acceptors (Lipinski definition) is 8. The molecule has 2 heterocycles. The molecule has 254 valence electrons. The molecule has 1 atom stereocenters. The van der Waals surface area contributed by atoms with E-state index in [1.807, 2.05) is 60.7 Å². The number of nitrogens with zero attached hydrogens (tertiary/aromatic N) is 2. The highest BCUT2D eigenvalue weighted by Gasteiger charge is 2.29. The number of halogens is 1. The van der Waals surface area contributed by atoms with Crippen LogP contribution in [0.2, 0.25) is 5.02 Å². The molecule has 10 heteroatoms. The minimum Gasteiger partial charge on any atom is -0.488 e. The number of benzene rings is 4. The van der Waals surface area contributed by atoms with Gasteiger partial charge in [-0.2, -0.15) is 5.26 Å². The lowest BCUT2D eigenvalue weighted by Crippen LogP contribution is -2.49. The van der Waals surface area contributed by atoms with E-state index in [-0.39, 0.29) is 18.6 Å². The van der Waals surface area contributed by atoms with Crippen molar-refractivity contribution >= 4 is 17.5 Å². The van der Waals surface area contributed by atoms with Gasteiger partial charge in [-0.3, -0.25) is 9.69 Å². The van der Waals surface area contributed by atoms with Crippen LogP contribution in [0.4, 0.5) is 0 Å². The van der Waals surface area contributed by atoms with E-state index in [0.717, 1.165) is 70.7 Å². The number of hydrogen-bond donors (Lipinski definition) is 2. The second kappa shape index (κ2) is 16.1. The van der Waals surface area contributed by atoms with E-state index in [2.05, 4.69) is 29.3 Å². The number of likely N-dealkylation sites (tertiary alicyclic amines) is 1. The van der Waals surface area contributed by atoms with Gasteiger partial charge in [-0.25, -0.2) is 0 Å². The maximum absolute atomic E-state index is 13.0. The first-order valence-corrected chi connectivity index (χ1v) is 17.1. The average Bonchev–Trinajstić information content (AvgIpc) is 3.13. The SMILES string of the molecule is Cc1c(COc2cc(OCc3cccc(C#N)c3)c(CN3CCCCC3C(=O)NCCN)cc2Cl)cccc1-c1ccc2c(c1)OCCO2. The molecular weight excluding hydrogens is 640 g/mol. The van der Waals surface area contributed by atoms with E-state index in [1.165, 1.54) is 0 Å². The summed E-state index contributed by atoms with van der Waals surface area (Å²) in [6.45, 7) is 5.79. The molecule has 0 bridgehead atoms. The molecule has 0 spiro atoms. The lowest BCUT2D eigenvalue weighted by Gasteiger charge is -2.35. The molecule has 2 aliphatic rings. The molecule has 49 heavy (non-hydrogen) atoms. The number of nitriles is 1. The molecular formula is C39H41ClN4O5. The van der Waals surface area contributed by atoms with Crippen molar-refractivity contribution in [1.82, 2.24) is 10.2 Å². The summed E-state index contributed by atoms with van der Waals surface area (Å²) in [6, 6.07) is 25.1. The molecule has 1 unspecified atom stereocenters. The largest absolute Gasteiger partial charge is 0.488 e. The molecule has 0 aliphatic carbocycles. The van der Waals surface area contributed by atoms with Gasteiger partial charge in [0, 0.05) is 31.3 Å². The van der Waals surface area contributed by atoms with Crippen molar-refractivity contribution in [3.05, 3.63) is 106 Å². The second-order valence-corrected chi connectivity index (χ2v) is 12.7. The van der Waals surface area contributed by atoms with Crippen molar-refractivity contribution in [1.29, 1.82) is 5.26 Å². The number of carbonyl (C=O) groups is 1. The molecule has 6 rings (SSSR count). The number of amides is 1. The van der Waals surface area contributed by atoms with Crippen LogP contribution < -0.4 is 30.0 Å². The fraction of sp³-hybridized carbons (Fsp3) is 0.333. The highest BCUT2D eigenvalue weighted by atomic mass is 35.5. The van der Waals surface area contributed by atoms with Crippen LogP contribution in [0, 0.1) is 18.3 Å². The number of rotatable bonds is 12. The van der Waals surface area contributed by atoms with Crippen molar-refractivity contribution in [3.8, 4) is 40.2 Å². The quantitative estimate of drug-likeness (QED) is 0.173. The van der Waals surface area contributed by atoms with Crippen LogP contribution >= 0.6 is 11.6 Å². The molecule has 0 aromatic heterocycles. The fourth-order valence-corrected chi connectivity index (χ4v) is 6.61. The van der Waals surface area contributed by atoms with E-state index in [1.54, 1.807) is 6.07 Å². The summed E-state index contributed by atoms with van der Waals surface area (Å²) in [6.07, 6.45) is 2.75. The van der Waals surface area contributed by atoms with Crippen molar-refractivity contribution in [2.24, 2.45) is 5.73 Å². The van der Waals surface area contributed by atoms with E-state index in [4.69, 9.17) is 36.3 Å². The van der Waals surface area contributed by atoms with Crippen molar-refractivity contribution < 1.29 is 23.7 Å². The molecule has 1 saturated heterocycles. The Morgan fingerprint density at radius 2 is 1.80 bits per heavy atom. The maximum Gasteiger partial charge on any atom is 0.237 e. The van der Waals surface area contributed by atoms with Gasteiger partial charge in [0.25, 0.3) is 0 Å². The Morgan fingerprint density at radius 3 is 2.63 bits per heavy atom. The van der Waals surface area contributed by atoms with Gasteiger partial charge in [-0.05, 0) is 84.5 Å². The number of nitrogens with one attached hydrogen (secondary N) is 1. The Balaban J connectivity index is 1.25. The summed E-state index contributed by atoms with van der Waals surface area (Å²) in [5.41, 5.74) is 12.1. The first-order valence-electron chi connectivity index (χ1n) is 16.7. The van der Waals surface area contributed by atoms with Crippen LogP contribution in [-0.4, -0.2) is 49.7 Å². The molecule has 1 amide bonds. The standard InChI is InChI=1S/C39H41ClN4O5/c1-26-30(8-5-9-32(26)29-11-12-35-38(20-29)47-17-16-46-35)25-49-37-21-36(48-24-28-7-4-6-27(18-28)22-42)31(19-33(37)40)23-44-15-3-2-10-34(44)39(45)43-14-13-41/h4-9,11-12,18-21,34H,2-3,10,13-17,23-25,41H2,1H3,(H,43,45). The second-order valence-electron chi connectivity index (χ2n) is 12.3. The van der Waals surface area contributed by atoms with E-state index >= 15 is 0 Å². The van der Waals surface area contributed by atoms with E-state index < -0.39 is 0 Å². The Hall–Kier alpha value is -4.75.